The third-order valence-corrected chi connectivity index (χ3v) is 3.31. The van der Waals surface area contributed by atoms with E-state index in [9.17, 15) is 0 Å². The van der Waals surface area contributed by atoms with Crippen LogP contribution in [-0.2, 0) is 24.9 Å². The van der Waals surface area contributed by atoms with Crippen LogP contribution in [0.1, 0.15) is 23.0 Å². The van der Waals surface area contributed by atoms with Gasteiger partial charge in [-0.05, 0) is 12.1 Å². The van der Waals surface area contributed by atoms with Gasteiger partial charge in [0.2, 0.25) is 0 Å². The summed E-state index contributed by atoms with van der Waals surface area (Å²) in [5, 5.41) is 11.6. The molecule has 0 fully saturated rings. The maximum Gasteiger partial charge on any atom is 0.100 e. The number of hydrogen-bond acceptors (Lipinski definition) is 5. The summed E-state index contributed by atoms with van der Waals surface area (Å²) in [6.45, 7) is 2.88. The van der Waals surface area contributed by atoms with E-state index in [0.29, 0.717) is 19.1 Å². The van der Waals surface area contributed by atoms with Crippen molar-refractivity contribution in [2.75, 3.05) is 13.2 Å². The summed E-state index contributed by atoms with van der Waals surface area (Å²) in [4.78, 5) is 4.24. The van der Waals surface area contributed by atoms with Crippen LogP contribution in [-0.4, -0.2) is 33.1 Å². The zero-order valence-corrected chi connectivity index (χ0v) is 10.9. The Bertz CT molecular complexity index is 539. The quantitative estimate of drug-likeness (QED) is 0.871. The van der Waals surface area contributed by atoms with E-state index in [2.05, 4.69) is 20.6 Å². The fourth-order valence-corrected chi connectivity index (χ4v) is 2.42. The van der Waals surface area contributed by atoms with Gasteiger partial charge in [0.05, 0.1) is 24.6 Å². The molecule has 2 aromatic heterocycles. The molecule has 6 heteroatoms. The predicted octanol–water partition coefficient (Wildman–Crippen LogP) is 0.614. The molecule has 6 nitrogen and oxygen atoms in total. The number of pyridine rings is 1. The second-order valence-electron chi connectivity index (χ2n) is 4.71. The third kappa shape index (κ3) is 2.64. The second kappa shape index (κ2) is 5.46. The number of aromatic nitrogens is 4. The molecule has 1 atom stereocenters. The van der Waals surface area contributed by atoms with Crippen LogP contribution in [0.15, 0.2) is 24.4 Å². The van der Waals surface area contributed by atoms with Crippen molar-refractivity contribution < 1.29 is 4.74 Å². The fourth-order valence-electron chi connectivity index (χ4n) is 2.42. The number of aryl methyl sites for hydroxylation is 1. The molecular formula is C13H17N5O. The van der Waals surface area contributed by atoms with E-state index in [1.165, 1.54) is 5.69 Å². The monoisotopic (exact) mass is 259 g/mol. The standard InChI is InChI=1S/C13H17N5O/c1-18-13-10(6-14-7-12(13)16-17-18)8-19-9-11-4-2-3-5-15-11/h2-5,10,14H,6-9H2,1H3. The van der Waals surface area contributed by atoms with Crippen molar-refractivity contribution in [3.05, 3.63) is 41.5 Å². The lowest BCUT2D eigenvalue weighted by Crippen LogP contribution is -2.32. The van der Waals surface area contributed by atoms with Crippen LogP contribution in [0.4, 0.5) is 0 Å². The van der Waals surface area contributed by atoms with Gasteiger partial charge in [0.25, 0.3) is 0 Å². The topological polar surface area (TPSA) is 64.9 Å². The Kier molecular flexibility index (Phi) is 3.52. The van der Waals surface area contributed by atoms with Crippen LogP contribution in [0.5, 0.6) is 0 Å². The van der Waals surface area contributed by atoms with Crippen LogP contribution in [0.3, 0.4) is 0 Å². The lowest BCUT2D eigenvalue weighted by Gasteiger charge is -2.23. The number of nitrogens with zero attached hydrogens (tertiary/aromatic N) is 4. The summed E-state index contributed by atoms with van der Waals surface area (Å²) >= 11 is 0. The van der Waals surface area contributed by atoms with Crippen LogP contribution in [0.25, 0.3) is 0 Å². The van der Waals surface area contributed by atoms with Gasteiger partial charge in [-0.2, -0.15) is 0 Å². The first-order valence-electron chi connectivity index (χ1n) is 6.41. The molecule has 0 spiro atoms. The summed E-state index contributed by atoms with van der Waals surface area (Å²) in [7, 11) is 1.93. The highest BCUT2D eigenvalue weighted by Gasteiger charge is 2.25. The Balaban J connectivity index is 1.61. The molecule has 0 aromatic carbocycles. The van der Waals surface area contributed by atoms with Crippen LogP contribution in [0, 0.1) is 0 Å². The van der Waals surface area contributed by atoms with Crippen molar-refractivity contribution >= 4 is 0 Å². The van der Waals surface area contributed by atoms with Gasteiger partial charge >= 0.3 is 0 Å². The first-order chi connectivity index (χ1) is 9.34. The van der Waals surface area contributed by atoms with E-state index in [4.69, 9.17) is 4.74 Å². The average Bonchev–Trinajstić information content (AvgIpc) is 2.83. The van der Waals surface area contributed by atoms with E-state index in [1.807, 2.05) is 29.9 Å². The molecular weight excluding hydrogens is 242 g/mol. The zero-order valence-electron chi connectivity index (χ0n) is 10.9. The molecule has 0 saturated heterocycles. The lowest BCUT2D eigenvalue weighted by atomic mass is 10.0. The molecule has 3 heterocycles. The van der Waals surface area contributed by atoms with Crippen LogP contribution >= 0.6 is 0 Å². The minimum Gasteiger partial charge on any atom is -0.374 e. The third-order valence-electron chi connectivity index (χ3n) is 3.31. The fraction of sp³-hybridized carbons (Fsp3) is 0.462. The van der Waals surface area contributed by atoms with E-state index in [1.54, 1.807) is 6.20 Å². The number of rotatable bonds is 4. The van der Waals surface area contributed by atoms with Gasteiger partial charge in [0, 0.05) is 32.3 Å². The van der Waals surface area contributed by atoms with Crippen molar-refractivity contribution in [1.29, 1.82) is 0 Å². The van der Waals surface area contributed by atoms with Gasteiger partial charge in [0.15, 0.2) is 0 Å². The van der Waals surface area contributed by atoms with Gasteiger partial charge in [0.1, 0.15) is 5.69 Å². The molecule has 0 amide bonds. The summed E-state index contributed by atoms with van der Waals surface area (Å²) in [5.74, 6) is 0.299. The van der Waals surface area contributed by atoms with Gasteiger partial charge in [-0.25, -0.2) is 0 Å². The summed E-state index contributed by atoms with van der Waals surface area (Å²) in [6, 6.07) is 5.84. The minimum atomic E-state index is 0.299. The maximum absolute atomic E-state index is 5.77. The Hall–Kier alpha value is -1.79. The van der Waals surface area contributed by atoms with Crippen molar-refractivity contribution in [3.8, 4) is 0 Å². The molecule has 1 N–H and O–H groups in total. The molecule has 2 aromatic rings. The van der Waals surface area contributed by atoms with Gasteiger partial charge in [-0.3, -0.25) is 9.67 Å². The molecule has 0 bridgehead atoms. The van der Waals surface area contributed by atoms with Crippen molar-refractivity contribution in [2.45, 2.75) is 19.1 Å². The van der Waals surface area contributed by atoms with Crippen LogP contribution in [0.2, 0.25) is 0 Å². The number of ether oxygens (including phenoxy) is 1. The normalized spacial score (nSPS) is 18.3. The Morgan fingerprint density at radius 3 is 3.26 bits per heavy atom. The molecule has 0 radical (unpaired) electrons. The SMILES string of the molecule is Cn1nnc2c1C(COCc1ccccn1)CNC2. The maximum atomic E-state index is 5.77. The van der Waals surface area contributed by atoms with E-state index in [-0.39, 0.29) is 0 Å². The zero-order chi connectivity index (χ0) is 13.1. The highest BCUT2D eigenvalue weighted by atomic mass is 16.5. The number of nitrogens with one attached hydrogen (secondary N) is 1. The number of fused-ring (bicyclic) bond motifs is 1. The first kappa shape index (κ1) is 12.3. The predicted molar refractivity (Wildman–Crippen MR) is 69.3 cm³/mol. The molecule has 1 unspecified atom stereocenters. The lowest BCUT2D eigenvalue weighted by molar-refractivity contribution is 0.100. The smallest absolute Gasteiger partial charge is 0.100 e. The summed E-state index contributed by atoms with van der Waals surface area (Å²) < 4.78 is 7.62. The highest BCUT2D eigenvalue weighted by Crippen LogP contribution is 2.21. The van der Waals surface area contributed by atoms with Crippen molar-refractivity contribution in [2.24, 2.45) is 7.05 Å². The van der Waals surface area contributed by atoms with E-state index < -0.39 is 0 Å². The Morgan fingerprint density at radius 1 is 1.47 bits per heavy atom. The largest absolute Gasteiger partial charge is 0.374 e. The average molecular weight is 259 g/mol. The van der Waals surface area contributed by atoms with Crippen molar-refractivity contribution in [1.82, 2.24) is 25.3 Å². The molecule has 0 aliphatic carbocycles. The molecule has 0 saturated carbocycles. The van der Waals surface area contributed by atoms with Gasteiger partial charge < -0.3 is 10.1 Å². The Labute approximate surface area is 111 Å². The minimum absolute atomic E-state index is 0.299. The number of hydrogen-bond donors (Lipinski definition) is 1. The van der Waals surface area contributed by atoms with Gasteiger partial charge in [-0.15, -0.1) is 5.10 Å². The van der Waals surface area contributed by atoms with Crippen LogP contribution < -0.4 is 5.32 Å². The second-order valence-corrected chi connectivity index (χ2v) is 4.71. The van der Waals surface area contributed by atoms with Crippen molar-refractivity contribution in [3.63, 3.8) is 0 Å². The molecule has 19 heavy (non-hydrogen) atoms. The summed E-state index contributed by atoms with van der Waals surface area (Å²) in [6.07, 6.45) is 1.78. The highest BCUT2D eigenvalue weighted by molar-refractivity contribution is 5.19. The Morgan fingerprint density at radius 2 is 2.42 bits per heavy atom. The molecule has 100 valence electrons. The molecule has 3 rings (SSSR count). The van der Waals surface area contributed by atoms with E-state index >= 15 is 0 Å². The first-order valence-corrected chi connectivity index (χ1v) is 6.41. The van der Waals surface area contributed by atoms with Gasteiger partial charge in [-0.1, -0.05) is 11.3 Å². The molecule has 1 aliphatic rings. The summed E-state index contributed by atoms with van der Waals surface area (Å²) in [5.41, 5.74) is 3.16. The van der Waals surface area contributed by atoms with E-state index in [0.717, 1.165) is 24.5 Å². The molecule has 1 aliphatic heterocycles.